The number of carbonyl (C=O) groups is 2. The van der Waals surface area contributed by atoms with Crippen LogP contribution in [0.4, 0.5) is 4.79 Å². The number of nitrogens with zero attached hydrogens (tertiary/aromatic N) is 1. The molecule has 0 spiro atoms. The Labute approximate surface area is 135 Å². The number of carbonyl (C=O) groups excluding carboxylic acids is 1. The molecule has 1 unspecified atom stereocenters. The van der Waals surface area contributed by atoms with E-state index in [1.54, 1.807) is 0 Å². The van der Waals surface area contributed by atoms with Gasteiger partial charge in [-0.25, -0.2) is 4.79 Å². The van der Waals surface area contributed by atoms with Gasteiger partial charge in [0.15, 0.2) is 0 Å². The van der Waals surface area contributed by atoms with E-state index in [1.807, 2.05) is 30.3 Å². The molecule has 1 amide bonds. The minimum atomic E-state index is -0.887. The smallest absolute Gasteiger partial charge is 0.407 e. The molecular weight excluding hydrogens is 296 g/mol. The standard InChI is InChI=1S/C17H22N2O4/c20-15(21)10-17(12-19-8-6-14(17)7-9-19)18-16(22)23-11-13-4-2-1-3-5-13/h1-5,14H,6-12H2,(H,18,22)(H,20,21). The van der Waals surface area contributed by atoms with E-state index in [4.69, 9.17) is 4.74 Å². The van der Waals surface area contributed by atoms with Crippen LogP contribution in [0.15, 0.2) is 30.3 Å². The summed E-state index contributed by atoms with van der Waals surface area (Å²) in [6, 6.07) is 9.44. The first-order valence-corrected chi connectivity index (χ1v) is 8.00. The van der Waals surface area contributed by atoms with Gasteiger partial charge in [-0.3, -0.25) is 4.79 Å². The van der Waals surface area contributed by atoms with Crippen LogP contribution >= 0.6 is 0 Å². The van der Waals surface area contributed by atoms with Gasteiger partial charge in [0.1, 0.15) is 6.61 Å². The molecule has 1 aromatic carbocycles. The zero-order valence-electron chi connectivity index (χ0n) is 13.0. The number of alkyl carbamates (subject to hydrolysis) is 1. The van der Waals surface area contributed by atoms with Crippen LogP contribution in [-0.2, 0) is 16.1 Å². The molecule has 0 radical (unpaired) electrons. The number of nitrogens with one attached hydrogen (secondary N) is 1. The molecule has 0 saturated carbocycles. The van der Waals surface area contributed by atoms with E-state index >= 15 is 0 Å². The molecule has 3 aliphatic rings. The Kier molecular flexibility index (Phi) is 4.52. The van der Waals surface area contributed by atoms with Crippen LogP contribution in [-0.4, -0.2) is 47.2 Å². The van der Waals surface area contributed by atoms with Gasteiger partial charge in [-0.1, -0.05) is 30.3 Å². The summed E-state index contributed by atoms with van der Waals surface area (Å²) >= 11 is 0. The van der Waals surface area contributed by atoms with Crippen LogP contribution in [0.1, 0.15) is 24.8 Å². The fraction of sp³-hybridized carbons (Fsp3) is 0.529. The van der Waals surface area contributed by atoms with Gasteiger partial charge in [0.25, 0.3) is 0 Å². The van der Waals surface area contributed by atoms with E-state index in [1.165, 1.54) is 0 Å². The minimum absolute atomic E-state index is 0.0609. The molecule has 6 heteroatoms. The van der Waals surface area contributed by atoms with Gasteiger partial charge in [0.2, 0.25) is 0 Å². The highest BCUT2D eigenvalue weighted by Crippen LogP contribution is 2.38. The Morgan fingerprint density at radius 1 is 1.26 bits per heavy atom. The van der Waals surface area contributed by atoms with Crippen molar-refractivity contribution in [2.24, 2.45) is 5.92 Å². The summed E-state index contributed by atoms with van der Waals surface area (Å²) in [5.74, 6) is -0.685. The second kappa shape index (κ2) is 6.58. The third-order valence-corrected chi connectivity index (χ3v) is 4.91. The molecule has 3 fully saturated rings. The van der Waals surface area contributed by atoms with Gasteiger partial charge in [0, 0.05) is 6.54 Å². The first-order valence-electron chi connectivity index (χ1n) is 8.00. The molecular formula is C17H22N2O4. The van der Waals surface area contributed by atoms with E-state index in [0.717, 1.165) is 31.5 Å². The maximum atomic E-state index is 12.2. The van der Waals surface area contributed by atoms with Crippen LogP contribution in [0, 0.1) is 5.92 Å². The molecule has 124 valence electrons. The summed E-state index contributed by atoms with van der Waals surface area (Å²) in [5, 5.41) is 12.2. The monoisotopic (exact) mass is 318 g/mol. The first kappa shape index (κ1) is 15.8. The summed E-state index contributed by atoms with van der Waals surface area (Å²) < 4.78 is 5.28. The highest BCUT2D eigenvalue weighted by Gasteiger charge is 2.49. The number of carboxylic acids is 1. The summed E-state index contributed by atoms with van der Waals surface area (Å²) in [5.41, 5.74) is 0.194. The molecule has 1 aromatic rings. The lowest BCUT2D eigenvalue weighted by Gasteiger charge is -2.52. The Balaban J connectivity index is 1.64. The normalized spacial score (nSPS) is 29.0. The van der Waals surface area contributed by atoms with E-state index in [-0.39, 0.29) is 18.9 Å². The Morgan fingerprint density at radius 3 is 2.52 bits per heavy atom. The van der Waals surface area contributed by atoms with E-state index in [0.29, 0.717) is 6.54 Å². The fourth-order valence-corrected chi connectivity index (χ4v) is 3.79. The zero-order chi connectivity index (χ0) is 16.3. The lowest BCUT2D eigenvalue weighted by Crippen LogP contribution is -2.67. The maximum Gasteiger partial charge on any atom is 0.407 e. The lowest BCUT2D eigenvalue weighted by atomic mass is 9.71. The second-order valence-corrected chi connectivity index (χ2v) is 6.46. The van der Waals surface area contributed by atoms with Crippen LogP contribution in [0.3, 0.4) is 0 Å². The predicted molar refractivity (Wildman–Crippen MR) is 83.9 cm³/mol. The number of hydrogen-bond donors (Lipinski definition) is 2. The van der Waals surface area contributed by atoms with Crippen molar-refractivity contribution in [2.45, 2.75) is 31.4 Å². The molecule has 4 rings (SSSR count). The van der Waals surface area contributed by atoms with Crippen molar-refractivity contribution >= 4 is 12.1 Å². The van der Waals surface area contributed by atoms with Crippen molar-refractivity contribution in [3.05, 3.63) is 35.9 Å². The van der Waals surface area contributed by atoms with Gasteiger partial charge < -0.3 is 20.1 Å². The van der Waals surface area contributed by atoms with E-state index < -0.39 is 17.6 Å². The van der Waals surface area contributed by atoms with Crippen LogP contribution in [0.2, 0.25) is 0 Å². The maximum absolute atomic E-state index is 12.2. The number of aliphatic carboxylic acids is 1. The molecule has 0 aliphatic carbocycles. The van der Waals surface area contributed by atoms with Crippen molar-refractivity contribution < 1.29 is 19.4 Å². The highest BCUT2D eigenvalue weighted by atomic mass is 16.5. The second-order valence-electron chi connectivity index (χ2n) is 6.46. The Morgan fingerprint density at radius 2 is 1.96 bits per heavy atom. The fourth-order valence-electron chi connectivity index (χ4n) is 3.79. The minimum Gasteiger partial charge on any atom is -0.481 e. The number of rotatable bonds is 5. The first-order chi connectivity index (χ1) is 11.1. The van der Waals surface area contributed by atoms with Gasteiger partial charge in [0.05, 0.1) is 12.0 Å². The van der Waals surface area contributed by atoms with Gasteiger partial charge in [-0.2, -0.15) is 0 Å². The molecule has 23 heavy (non-hydrogen) atoms. The van der Waals surface area contributed by atoms with Crippen molar-refractivity contribution in [3.8, 4) is 0 Å². The molecule has 6 nitrogen and oxygen atoms in total. The third kappa shape index (κ3) is 3.64. The molecule has 3 aliphatic heterocycles. The van der Waals surface area contributed by atoms with Crippen molar-refractivity contribution in [1.29, 1.82) is 0 Å². The average Bonchev–Trinajstić information content (AvgIpc) is 2.54. The summed E-state index contributed by atoms with van der Waals surface area (Å²) in [6.45, 7) is 2.73. The Hall–Kier alpha value is -2.08. The predicted octanol–water partition coefficient (Wildman–Crippen LogP) is 1.85. The van der Waals surface area contributed by atoms with Crippen LogP contribution in [0.25, 0.3) is 0 Å². The summed E-state index contributed by atoms with van der Waals surface area (Å²) in [6.07, 6.45) is 1.25. The lowest BCUT2D eigenvalue weighted by molar-refractivity contribution is -0.141. The number of fused-ring (bicyclic) bond motifs is 3. The van der Waals surface area contributed by atoms with Crippen molar-refractivity contribution in [1.82, 2.24) is 10.2 Å². The molecule has 2 N–H and O–H groups in total. The molecule has 1 atom stereocenters. The molecule has 3 heterocycles. The molecule has 3 saturated heterocycles. The van der Waals surface area contributed by atoms with Crippen LogP contribution in [0.5, 0.6) is 0 Å². The van der Waals surface area contributed by atoms with Gasteiger partial charge in [-0.05, 0) is 37.4 Å². The number of benzene rings is 1. The van der Waals surface area contributed by atoms with Gasteiger partial charge in [-0.15, -0.1) is 0 Å². The number of hydrogen-bond acceptors (Lipinski definition) is 4. The highest BCUT2D eigenvalue weighted by molar-refractivity contribution is 5.73. The Bertz CT molecular complexity index is 569. The number of amides is 1. The number of carboxylic acid groups (broad SMARTS) is 1. The van der Waals surface area contributed by atoms with Crippen molar-refractivity contribution in [3.63, 3.8) is 0 Å². The quantitative estimate of drug-likeness (QED) is 0.866. The average molecular weight is 318 g/mol. The third-order valence-electron chi connectivity index (χ3n) is 4.91. The summed E-state index contributed by atoms with van der Waals surface area (Å²) in [7, 11) is 0. The number of piperidine rings is 3. The topological polar surface area (TPSA) is 78.9 Å². The van der Waals surface area contributed by atoms with E-state index in [2.05, 4.69) is 10.2 Å². The SMILES string of the molecule is O=C(O)CC1(NC(=O)OCc2ccccc2)CN2CCC1CC2. The molecule has 2 bridgehead atoms. The van der Waals surface area contributed by atoms with Crippen molar-refractivity contribution in [2.75, 3.05) is 19.6 Å². The summed E-state index contributed by atoms with van der Waals surface area (Å²) in [4.78, 5) is 25.7. The largest absolute Gasteiger partial charge is 0.481 e. The van der Waals surface area contributed by atoms with E-state index in [9.17, 15) is 14.7 Å². The van der Waals surface area contributed by atoms with Gasteiger partial charge >= 0.3 is 12.1 Å². The van der Waals surface area contributed by atoms with Crippen LogP contribution < -0.4 is 5.32 Å². The molecule has 0 aromatic heterocycles. The number of ether oxygens (including phenoxy) is 1. The zero-order valence-corrected chi connectivity index (χ0v) is 13.0.